The molecule has 29 heavy (non-hydrogen) atoms. The van der Waals surface area contributed by atoms with Crippen molar-refractivity contribution in [2.24, 2.45) is 0 Å². The van der Waals surface area contributed by atoms with E-state index in [9.17, 15) is 4.79 Å². The Morgan fingerprint density at radius 2 is 1.10 bits per heavy atom. The van der Waals surface area contributed by atoms with Gasteiger partial charge in [0.2, 0.25) is 0 Å². The summed E-state index contributed by atoms with van der Waals surface area (Å²) in [6.07, 6.45) is 28.5. The molecule has 0 fully saturated rings. The lowest BCUT2D eigenvalue weighted by Gasteiger charge is -2.04. The second kappa shape index (κ2) is 25.2. The van der Waals surface area contributed by atoms with Crippen molar-refractivity contribution in [3.63, 3.8) is 0 Å². The maximum atomic E-state index is 11.5. The molecule has 3 nitrogen and oxygen atoms in total. The average Bonchev–Trinajstić information content (AvgIpc) is 2.73. The van der Waals surface area contributed by atoms with Crippen molar-refractivity contribution >= 4 is 5.97 Å². The SMILES string of the molecule is CCCCCCCC/C=C\CCCCCCCCCCCC(=O)OCCCOC. The molecule has 0 unspecified atom stereocenters. The summed E-state index contributed by atoms with van der Waals surface area (Å²) in [5, 5.41) is 0. The molecule has 0 saturated heterocycles. The van der Waals surface area contributed by atoms with Gasteiger partial charge in [0, 0.05) is 26.6 Å². The van der Waals surface area contributed by atoms with Crippen molar-refractivity contribution in [3.05, 3.63) is 12.2 Å². The van der Waals surface area contributed by atoms with Crippen LogP contribution in [0.3, 0.4) is 0 Å². The lowest BCUT2D eigenvalue weighted by molar-refractivity contribution is -0.144. The van der Waals surface area contributed by atoms with Crippen LogP contribution in [-0.4, -0.2) is 26.3 Å². The third kappa shape index (κ3) is 25.1. The smallest absolute Gasteiger partial charge is 0.305 e. The van der Waals surface area contributed by atoms with Gasteiger partial charge in [-0.15, -0.1) is 0 Å². The first-order chi connectivity index (χ1) is 14.3. The normalized spacial score (nSPS) is 11.4. The Hall–Kier alpha value is -0.830. The molecular formula is C26H50O3. The molecule has 0 aliphatic rings. The molecule has 0 spiro atoms. The van der Waals surface area contributed by atoms with Crippen LogP contribution in [0.5, 0.6) is 0 Å². The first-order valence-corrected chi connectivity index (χ1v) is 12.6. The lowest BCUT2D eigenvalue weighted by atomic mass is 10.1. The number of carbonyl (C=O) groups is 1. The summed E-state index contributed by atoms with van der Waals surface area (Å²) in [6, 6.07) is 0. The zero-order chi connectivity index (χ0) is 21.3. The van der Waals surface area contributed by atoms with E-state index in [0.29, 0.717) is 19.6 Å². The summed E-state index contributed by atoms with van der Waals surface area (Å²) < 4.78 is 10.1. The zero-order valence-electron chi connectivity index (χ0n) is 19.7. The highest BCUT2D eigenvalue weighted by Gasteiger charge is 2.02. The van der Waals surface area contributed by atoms with Crippen LogP contribution >= 0.6 is 0 Å². The molecule has 0 aliphatic heterocycles. The molecule has 0 aliphatic carbocycles. The first-order valence-electron chi connectivity index (χ1n) is 12.6. The number of ether oxygens (including phenoxy) is 2. The number of hydrogen-bond donors (Lipinski definition) is 0. The van der Waals surface area contributed by atoms with E-state index in [1.807, 2.05) is 0 Å². The fourth-order valence-corrected chi connectivity index (χ4v) is 3.51. The van der Waals surface area contributed by atoms with Crippen molar-refractivity contribution in [3.8, 4) is 0 Å². The number of unbranched alkanes of at least 4 members (excludes halogenated alkanes) is 15. The van der Waals surface area contributed by atoms with Crippen molar-refractivity contribution in [2.45, 2.75) is 129 Å². The Bertz CT molecular complexity index is 352. The molecule has 0 N–H and O–H groups in total. The lowest BCUT2D eigenvalue weighted by Crippen LogP contribution is -2.07. The summed E-state index contributed by atoms with van der Waals surface area (Å²) >= 11 is 0. The number of rotatable bonds is 23. The fourth-order valence-electron chi connectivity index (χ4n) is 3.51. The van der Waals surface area contributed by atoms with Gasteiger partial charge in [-0.2, -0.15) is 0 Å². The molecule has 0 aromatic carbocycles. The van der Waals surface area contributed by atoms with E-state index >= 15 is 0 Å². The van der Waals surface area contributed by atoms with Gasteiger partial charge in [-0.3, -0.25) is 4.79 Å². The van der Waals surface area contributed by atoms with Gasteiger partial charge >= 0.3 is 5.97 Å². The molecule has 0 atom stereocenters. The minimum atomic E-state index is -0.0536. The molecule has 0 heterocycles. The molecule has 0 aromatic heterocycles. The van der Waals surface area contributed by atoms with Crippen LogP contribution < -0.4 is 0 Å². The maximum Gasteiger partial charge on any atom is 0.305 e. The van der Waals surface area contributed by atoms with Gasteiger partial charge in [0.05, 0.1) is 6.61 Å². The van der Waals surface area contributed by atoms with E-state index in [0.717, 1.165) is 19.3 Å². The van der Waals surface area contributed by atoms with Crippen molar-refractivity contribution in [1.29, 1.82) is 0 Å². The number of allylic oxidation sites excluding steroid dienone is 2. The highest BCUT2D eigenvalue weighted by molar-refractivity contribution is 5.69. The van der Waals surface area contributed by atoms with E-state index in [2.05, 4.69) is 19.1 Å². The van der Waals surface area contributed by atoms with Crippen molar-refractivity contribution in [1.82, 2.24) is 0 Å². The van der Waals surface area contributed by atoms with Gasteiger partial charge in [0.15, 0.2) is 0 Å². The summed E-state index contributed by atoms with van der Waals surface area (Å²) in [5.41, 5.74) is 0. The molecular weight excluding hydrogens is 360 g/mol. The minimum Gasteiger partial charge on any atom is -0.466 e. The Morgan fingerprint density at radius 3 is 1.62 bits per heavy atom. The summed E-state index contributed by atoms with van der Waals surface area (Å²) in [6.45, 7) is 3.42. The molecule has 0 aromatic rings. The number of carbonyl (C=O) groups excluding carboxylic acids is 1. The second-order valence-electron chi connectivity index (χ2n) is 8.32. The van der Waals surface area contributed by atoms with E-state index in [1.165, 1.54) is 96.3 Å². The number of hydrogen-bond acceptors (Lipinski definition) is 3. The average molecular weight is 411 g/mol. The predicted octanol–water partition coefficient (Wildman–Crippen LogP) is 8.16. The fraction of sp³-hybridized carbons (Fsp3) is 0.885. The Balaban J connectivity index is 3.14. The Labute approximate surface area is 182 Å². The molecule has 0 rings (SSSR count). The quantitative estimate of drug-likeness (QED) is 0.0968. The van der Waals surface area contributed by atoms with Gasteiger partial charge in [0.1, 0.15) is 0 Å². The predicted molar refractivity (Wildman–Crippen MR) is 125 cm³/mol. The van der Waals surface area contributed by atoms with Gasteiger partial charge in [0.25, 0.3) is 0 Å². The third-order valence-electron chi connectivity index (χ3n) is 5.40. The van der Waals surface area contributed by atoms with E-state index in [4.69, 9.17) is 9.47 Å². The monoisotopic (exact) mass is 410 g/mol. The first kappa shape index (κ1) is 28.2. The van der Waals surface area contributed by atoms with Crippen LogP contribution in [0.15, 0.2) is 12.2 Å². The topological polar surface area (TPSA) is 35.5 Å². The highest BCUT2D eigenvalue weighted by atomic mass is 16.5. The number of methoxy groups -OCH3 is 1. The Morgan fingerprint density at radius 1 is 0.621 bits per heavy atom. The van der Waals surface area contributed by atoms with Crippen LogP contribution in [-0.2, 0) is 14.3 Å². The van der Waals surface area contributed by atoms with Gasteiger partial charge in [-0.25, -0.2) is 0 Å². The standard InChI is InChI=1S/C26H50O3/c1-3-4-5-6-7-8-9-10-11-12-13-14-15-16-17-18-19-20-21-23-26(27)29-25-22-24-28-2/h10-11H,3-9,12-25H2,1-2H3/b11-10-. The molecule has 0 saturated carbocycles. The van der Waals surface area contributed by atoms with Crippen LogP contribution in [0.4, 0.5) is 0 Å². The summed E-state index contributed by atoms with van der Waals surface area (Å²) in [4.78, 5) is 11.5. The third-order valence-corrected chi connectivity index (χ3v) is 5.40. The van der Waals surface area contributed by atoms with Crippen LogP contribution in [0.2, 0.25) is 0 Å². The van der Waals surface area contributed by atoms with Gasteiger partial charge in [-0.05, 0) is 32.1 Å². The zero-order valence-corrected chi connectivity index (χ0v) is 19.7. The molecule has 172 valence electrons. The maximum absolute atomic E-state index is 11.5. The largest absolute Gasteiger partial charge is 0.466 e. The Kier molecular flexibility index (Phi) is 24.5. The van der Waals surface area contributed by atoms with Gasteiger partial charge in [-0.1, -0.05) is 96.1 Å². The van der Waals surface area contributed by atoms with Crippen LogP contribution in [0.1, 0.15) is 129 Å². The molecule has 0 amide bonds. The van der Waals surface area contributed by atoms with E-state index in [1.54, 1.807) is 7.11 Å². The summed E-state index contributed by atoms with van der Waals surface area (Å²) in [7, 11) is 1.66. The van der Waals surface area contributed by atoms with Crippen molar-refractivity contribution < 1.29 is 14.3 Å². The van der Waals surface area contributed by atoms with Crippen LogP contribution in [0.25, 0.3) is 0 Å². The summed E-state index contributed by atoms with van der Waals surface area (Å²) in [5.74, 6) is -0.0536. The second-order valence-corrected chi connectivity index (χ2v) is 8.32. The van der Waals surface area contributed by atoms with E-state index in [-0.39, 0.29) is 5.97 Å². The molecule has 3 heteroatoms. The molecule has 0 radical (unpaired) electrons. The highest BCUT2D eigenvalue weighted by Crippen LogP contribution is 2.12. The van der Waals surface area contributed by atoms with E-state index < -0.39 is 0 Å². The van der Waals surface area contributed by atoms with Gasteiger partial charge < -0.3 is 9.47 Å². The molecule has 0 bridgehead atoms. The van der Waals surface area contributed by atoms with Crippen LogP contribution in [0, 0.1) is 0 Å². The minimum absolute atomic E-state index is 0.0536. The number of esters is 1. The van der Waals surface area contributed by atoms with Crippen molar-refractivity contribution in [2.75, 3.05) is 20.3 Å².